The second kappa shape index (κ2) is 8.48. The fraction of sp³-hybridized carbons (Fsp3) is 0.393. The summed E-state index contributed by atoms with van der Waals surface area (Å²) in [6, 6.07) is 7.46. The molecular formula is C28H30N2O6. The number of carbonyl (C=O) groups excluding carboxylic acids is 2. The van der Waals surface area contributed by atoms with E-state index in [0.717, 1.165) is 12.0 Å². The standard InChI is InChI=1S/C28H30N2O6/c1-3-6-13-10-16(18-7-4-5-8-30-18)17-11-14-9-15-12-19(31)23(27(29)35)28(2,36)22(15)26(34)20(14)25(33)21(17)24(13)32/h4-5,7-8,10,14-15,22,31-33,36H,3,6,9,11-12H2,1-2H3,(H2,29,35). The molecular weight excluding hydrogens is 460 g/mol. The number of phenols is 1. The molecule has 1 fully saturated rings. The van der Waals surface area contributed by atoms with Gasteiger partial charge < -0.3 is 26.2 Å². The molecule has 2 aromatic rings. The Hall–Kier alpha value is -3.65. The number of rotatable bonds is 4. The number of aromatic hydroxyl groups is 1. The maximum Gasteiger partial charge on any atom is 0.250 e. The van der Waals surface area contributed by atoms with Gasteiger partial charge >= 0.3 is 0 Å². The first-order valence-corrected chi connectivity index (χ1v) is 12.3. The molecule has 8 nitrogen and oxygen atoms in total. The Kier molecular flexibility index (Phi) is 5.67. The van der Waals surface area contributed by atoms with Gasteiger partial charge in [0.1, 0.15) is 22.9 Å². The Morgan fingerprint density at radius 3 is 2.61 bits per heavy atom. The first kappa shape index (κ1) is 24.1. The highest BCUT2D eigenvalue weighted by atomic mass is 16.3. The van der Waals surface area contributed by atoms with Gasteiger partial charge in [-0.3, -0.25) is 14.6 Å². The van der Waals surface area contributed by atoms with Gasteiger partial charge in [-0.1, -0.05) is 19.4 Å². The molecule has 4 atom stereocenters. The van der Waals surface area contributed by atoms with Crippen molar-refractivity contribution in [1.82, 2.24) is 4.98 Å². The topological polar surface area (TPSA) is 154 Å². The number of nitrogens with zero attached hydrogens (tertiary/aromatic N) is 1. The van der Waals surface area contributed by atoms with Gasteiger partial charge in [0.2, 0.25) is 0 Å². The molecule has 4 unspecified atom stereocenters. The molecule has 36 heavy (non-hydrogen) atoms. The minimum atomic E-state index is -1.99. The van der Waals surface area contributed by atoms with Gasteiger partial charge in [0, 0.05) is 23.8 Å². The number of pyridine rings is 1. The van der Waals surface area contributed by atoms with E-state index in [1.54, 1.807) is 6.20 Å². The predicted molar refractivity (Wildman–Crippen MR) is 133 cm³/mol. The lowest BCUT2D eigenvalue weighted by Crippen LogP contribution is -2.55. The molecule has 3 aliphatic carbocycles. The second-order valence-corrected chi connectivity index (χ2v) is 10.3. The number of benzene rings is 1. The van der Waals surface area contributed by atoms with Crippen molar-refractivity contribution in [3.63, 3.8) is 0 Å². The molecule has 1 aromatic carbocycles. The van der Waals surface area contributed by atoms with E-state index in [0.29, 0.717) is 36.1 Å². The molecule has 3 aliphatic rings. The summed E-state index contributed by atoms with van der Waals surface area (Å²) < 4.78 is 0. The van der Waals surface area contributed by atoms with Crippen LogP contribution in [0.5, 0.6) is 5.75 Å². The second-order valence-electron chi connectivity index (χ2n) is 10.3. The van der Waals surface area contributed by atoms with E-state index >= 15 is 0 Å². The molecule has 1 aromatic heterocycles. The van der Waals surface area contributed by atoms with Crippen LogP contribution in [0.2, 0.25) is 0 Å². The smallest absolute Gasteiger partial charge is 0.250 e. The van der Waals surface area contributed by atoms with Crippen LogP contribution in [-0.4, -0.2) is 42.7 Å². The monoisotopic (exact) mass is 490 g/mol. The van der Waals surface area contributed by atoms with E-state index < -0.39 is 29.1 Å². The number of hydrogen-bond acceptors (Lipinski definition) is 7. The maximum absolute atomic E-state index is 13.9. The summed E-state index contributed by atoms with van der Waals surface area (Å²) in [5.41, 5.74) is 6.31. The zero-order valence-electron chi connectivity index (χ0n) is 20.3. The minimum absolute atomic E-state index is 0.0377. The Bertz CT molecular complexity index is 1340. The highest BCUT2D eigenvalue weighted by Crippen LogP contribution is 2.54. The van der Waals surface area contributed by atoms with E-state index in [1.165, 1.54) is 6.92 Å². The Balaban J connectivity index is 1.71. The van der Waals surface area contributed by atoms with Crippen LogP contribution in [0.1, 0.15) is 49.8 Å². The molecule has 1 amide bonds. The number of aliphatic hydroxyl groups excluding tert-OH is 2. The molecule has 0 aliphatic heterocycles. The molecule has 0 saturated heterocycles. The first-order valence-electron chi connectivity index (χ1n) is 12.3. The van der Waals surface area contributed by atoms with Crippen molar-refractivity contribution in [2.24, 2.45) is 23.5 Å². The van der Waals surface area contributed by atoms with Gasteiger partial charge in [0.05, 0.1) is 22.7 Å². The summed E-state index contributed by atoms with van der Waals surface area (Å²) in [6.45, 7) is 3.30. The number of fused-ring (bicyclic) bond motifs is 3. The molecule has 1 saturated carbocycles. The Morgan fingerprint density at radius 2 is 1.97 bits per heavy atom. The van der Waals surface area contributed by atoms with Crippen LogP contribution in [0, 0.1) is 17.8 Å². The summed E-state index contributed by atoms with van der Waals surface area (Å²) in [5, 5.41) is 44.5. The number of nitrogens with two attached hydrogens (primary N) is 1. The fourth-order valence-corrected chi connectivity index (χ4v) is 6.63. The van der Waals surface area contributed by atoms with Crippen LogP contribution < -0.4 is 5.73 Å². The average molecular weight is 491 g/mol. The van der Waals surface area contributed by atoms with Crippen molar-refractivity contribution in [2.45, 2.75) is 51.6 Å². The highest BCUT2D eigenvalue weighted by Gasteiger charge is 2.57. The third kappa shape index (κ3) is 3.43. The molecule has 8 heteroatoms. The summed E-state index contributed by atoms with van der Waals surface area (Å²) in [6.07, 6.45) is 3.85. The highest BCUT2D eigenvalue weighted by molar-refractivity contribution is 6.08. The van der Waals surface area contributed by atoms with Crippen LogP contribution in [0.3, 0.4) is 0 Å². The van der Waals surface area contributed by atoms with Gasteiger partial charge in [-0.15, -0.1) is 0 Å². The predicted octanol–water partition coefficient (Wildman–Crippen LogP) is 3.51. The molecule has 5 rings (SSSR count). The van der Waals surface area contributed by atoms with Crippen molar-refractivity contribution < 1.29 is 30.0 Å². The van der Waals surface area contributed by atoms with Crippen LogP contribution in [-0.2, 0) is 22.4 Å². The molecule has 0 bridgehead atoms. The van der Waals surface area contributed by atoms with Crippen molar-refractivity contribution >= 4 is 17.4 Å². The number of aromatic nitrogens is 1. The minimum Gasteiger partial charge on any atom is -0.512 e. The third-order valence-corrected chi connectivity index (χ3v) is 8.01. The molecule has 6 N–H and O–H groups in total. The van der Waals surface area contributed by atoms with Crippen LogP contribution in [0.15, 0.2) is 47.4 Å². The molecule has 1 heterocycles. The number of Topliss-reactive ketones (excluding diaryl/α,β-unsaturated/α-hetero) is 1. The normalized spacial score (nSPS) is 27.4. The van der Waals surface area contributed by atoms with Crippen LogP contribution in [0.25, 0.3) is 17.0 Å². The van der Waals surface area contributed by atoms with Crippen LogP contribution in [0.4, 0.5) is 0 Å². The Labute approximate surface area is 208 Å². The fourth-order valence-electron chi connectivity index (χ4n) is 6.63. The summed E-state index contributed by atoms with van der Waals surface area (Å²) >= 11 is 0. The molecule has 0 spiro atoms. The number of aryl methyl sites for hydroxylation is 1. The van der Waals surface area contributed by atoms with E-state index in [2.05, 4.69) is 4.98 Å². The Morgan fingerprint density at radius 1 is 1.22 bits per heavy atom. The zero-order chi connectivity index (χ0) is 25.9. The quantitative estimate of drug-likeness (QED) is 0.439. The van der Waals surface area contributed by atoms with Crippen molar-refractivity contribution in [2.75, 3.05) is 0 Å². The lowest BCUT2D eigenvalue weighted by molar-refractivity contribution is -0.136. The van der Waals surface area contributed by atoms with Gasteiger partial charge in [-0.05, 0) is 67.3 Å². The maximum atomic E-state index is 13.9. The number of ketones is 1. The lowest BCUT2D eigenvalue weighted by atomic mass is 9.57. The van der Waals surface area contributed by atoms with Crippen molar-refractivity contribution in [3.05, 3.63) is 64.1 Å². The first-order chi connectivity index (χ1) is 17.1. The van der Waals surface area contributed by atoms with Gasteiger partial charge in [0.25, 0.3) is 5.91 Å². The zero-order valence-corrected chi connectivity index (χ0v) is 20.3. The number of allylic oxidation sites excluding steroid dienone is 2. The summed E-state index contributed by atoms with van der Waals surface area (Å²) in [5.74, 6) is -4.01. The lowest BCUT2D eigenvalue weighted by Gasteiger charge is -2.48. The van der Waals surface area contributed by atoms with E-state index in [1.807, 2.05) is 31.2 Å². The summed E-state index contributed by atoms with van der Waals surface area (Å²) in [4.78, 5) is 30.4. The SMILES string of the molecule is CCCc1cc(-c2ccccn2)c2c(c1O)C(O)=C1C(=O)C3C(CC(O)=C(C(N)=O)C3(C)O)CC1C2. The van der Waals surface area contributed by atoms with E-state index in [-0.39, 0.29) is 46.3 Å². The van der Waals surface area contributed by atoms with Gasteiger partial charge in [-0.25, -0.2) is 0 Å². The number of phenolic OH excluding ortho intramolecular Hbond substituents is 1. The summed E-state index contributed by atoms with van der Waals surface area (Å²) in [7, 11) is 0. The van der Waals surface area contributed by atoms with E-state index in [4.69, 9.17) is 5.73 Å². The number of aliphatic hydroxyl groups is 3. The van der Waals surface area contributed by atoms with Gasteiger partial charge in [-0.2, -0.15) is 0 Å². The largest absolute Gasteiger partial charge is 0.512 e. The number of hydrogen-bond donors (Lipinski definition) is 5. The third-order valence-electron chi connectivity index (χ3n) is 8.01. The van der Waals surface area contributed by atoms with Crippen molar-refractivity contribution in [3.8, 4) is 17.0 Å². The molecule has 188 valence electrons. The number of primary amides is 1. The number of carbonyl (C=O) groups is 2. The average Bonchev–Trinajstić information content (AvgIpc) is 2.80. The van der Waals surface area contributed by atoms with Crippen molar-refractivity contribution in [1.29, 1.82) is 0 Å². The van der Waals surface area contributed by atoms with E-state index in [9.17, 15) is 30.0 Å². The van der Waals surface area contributed by atoms with Gasteiger partial charge in [0.15, 0.2) is 5.78 Å². The number of amides is 1. The molecule has 0 radical (unpaired) electrons. The van der Waals surface area contributed by atoms with Crippen LogP contribution >= 0.6 is 0 Å².